The summed E-state index contributed by atoms with van der Waals surface area (Å²) in [6.45, 7) is 5.28. The number of pyridine rings is 1. The van der Waals surface area contributed by atoms with E-state index in [1.54, 1.807) is 6.07 Å². The van der Waals surface area contributed by atoms with E-state index < -0.39 is 20.0 Å². The van der Waals surface area contributed by atoms with E-state index in [1.807, 2.05) is 24.8 Å². The Labute approximate surface area is 189 Å². The Hall–Kier alpha value is -2.52. The number of nitrogens with one attached hydrogen (secondary N) is 1. The summed E-state index contributed by atoms with van der Waals surface area (Å²) in [6, 6.07) is 10.9. The third kappa shape index (κ3) is 5.27. The summed E-state index contributed by atoms with van der Waals surface area (Å²) in [4.78, 5) is 6.49. The molecule has 9 nitrogen and oxygen atoms in total. The van der Waals surface area contributed by atoms with Gasteiger partial charge < -0.3 is 4.90 Å². The van der Waals surface area contributed by atoms with Crippen molar-refractivity contribution in [2.75, 3.05) is 31.1 Å². The van der Waals surface area contributed by atoms with Crippen LogP contribution in [0.4, 0.5) is 5.82 Å². The molecule has 0 bridgehead atoms. The molecule has 1 saturated heterocycles. The maximum Gasteiger partial charge on any atom is 0.243 e. The van der Waals surface area contributed by atoms with Crippen molar-refractivity contribution in [3.05, 3.63) is 48.2 Å². The molecule has 1 aliphatic rings. The summed E-state index contributed by atoms with van der Waals surface area (Å²) in [5.41, 5.74) is 0.403. The van der Waals surface area contributed by atoms with E-state index in [9.17, 15) is 16.8 Å². The van der Waals surface area contributed by atoms with Gasteiger partial charge in [-0.25, -0.2) is 26.5 Å². The number of anilines is 1. The Morgan fingerprint density at radius 1 is 0.969 bits per heavy atom. The van der Waals surface area contributed by atoms with Gasteiger partial charge in [-0.05, 0) is 49.2 Å². The molecule has 1 N–H and O–H groups in total. The molecule has 172 valence electrons. The highest BCUT2D eigenvalue weighted by Crippen LogP contribution is 2.21. The minimum Gasteiger partial charge on any atom is -0.354 e. The number of nitrogens with zero attached hydrogens (tertiary/aromatic N) is 4. The molecule has 11 heteroatoms. The molecule has 0 aliphatic carbocycles. The number of aromatic nitrogens is 1. The number of piperazine rings is 1. The molecule has 1 aliphatic heterocycles. The van der Waals surface area contributed by atoms with Gasteiger partial charge in [-0.2, -0.15) is 9.57 Å². The van der Waals surface area contributed by atoms with Crippen LogP contribution in [0.5, 0.6) is 0 Å². The summed E-state index contributed by atoms with van der Waals surface area (Å²) in [5, 5.41) is 8.88. The van der Waals surface area contributed by atoms with Gasteiger partial charge in [-0.3, -0.25) is 0 Å². The van der Waals surface area contributed by atoms with Crippen LogP contribution in [-0.2, 0) is 20.0 Å². The van der Waals surface area contributed by atoms with E-state index in [-0.39, 0.29) is 28.9 Å². The summed E-state index contributed by atoms with van der Waals surface area (Å²) in [6.07, 6.45) is 2.74. The maximum absolute atomic E-state index is 12.9. The topological polar surface area (TPSA) is 123 Å². The van der Waals surface area contributed by atoms with Crippen LogP contribution in [-0.4, -0.2) is 58.3 Å². The van der Waals surface area contributed by atoms with E-state index in [1.165, 1.54) is 40.8 Å². The average molecular weight is 478 g/mol. The van der Waals surface area contributed by atoms with Gasteiger partial charge in [0.15, 0.2) is 0 Å². The Morgan fingerprint density at radius 3 is 2.06 bits per heavy atom. The lowest BCUT2D eigenvalue weighted by Gasteiger charge is -2.34. The fraction of sp³-hybridized carbons (Fsp3) is 0.429. The second-order valence-electron chi connectivity index (χ2n) is 7.51. The average Bonchev–Trinajstić information content (AvgIpc) is 2.82. The van der Waals surface area contributed by atoms with E-state index >= 15 is 0 Å². The van der Waals surface area contributed by atoms with Crippen molar-refractivity contribution >= 4 is 25.9 Å². The molecule has 1 aromatic carbocycles. The SMILES string of the molecule is CCC(CC)NS(=O)(=O)c1ccc(N2CCN(S(=O)(=O)c3ccc(C#N)cc3)CC2)nc1. The summed E-state index contributed by atoms with van der Waals surface area (Å²) in [7, 11) is -7.28. The van der Waals surface area contributed by atoms with Crippen LogP contribution in [0.3, 0.4) is 0 Å². The van der Waals surface area contributed by atoms with Crippen molar-refractivity contribution < 1.29 is 16.8 Å². The highest BCUT2D eigenvalue weighted by Gasteiger charge is 2.29. The smallest absolute Gasteiger partial charge is 0.243 e. The monoisotopic (exact) mass is 477 g/mol. The second kappa shape index (κ2) is 9.95. The van der Waals surface area contributed by atoms with Crippen molar-refractivity contribution in [2.24, 2.45) is 0 Å². The molecule has 32 heavy (non-hydrogen) atoms. The van der Waals surface area contributed by atoms with E-state index in [4.69, 9.17) is 5.26 Å². The third-order valence-corrected chi connectivity index (χ3v) is 8.94. The molecule has 2 heterocycles. The number of hydrogen-bond acceptors (Lipinski definition) is 7. The predicted molar refractivity (Wildman–Crippen MR) is 121 cm³/mol. The third-order valence-electron chi connectivity index (χ3n) is 5.52. The fourth-order valence-corrected chi connectivity index (χ4v) is 6.24. The van der Waals surface area contributed by atoms with Crippen molar-refractivity contribution in [1.29, 1.82) is 5.26 Å². The molecule has 3 rings (SSSR count). The first-order valence-corrected chi connectivity index (χ1v) is 13.4. The molecule has 0 saturated carbocycles. The largest absolute Gasteiger partial charge is 0.354 e. The van der Waals surface area contributed by atoms with Gasteiger partial charge in [0.1, 0.15) is 10.7 Å². The zero-order valence-corrected chi connectivity index (χ0v) is 19.7. The predicted octanol–water partition coefficient (Wildman–Crippen LogP) is 1.93. The second-order valence-corrected chi connectivity index (χ2v) is 11.2. The summed E-state index contributed by atoms with van der Waals surface area (Å²) >= 11 is 0. The zero-order chi connectivity index (χ0) is 23.4. The lowest BCUT2D eigenvalue weighted by molar-refractivity contribution is 0.384. The Morgan fingerprint density at radius 2 is 1.56 bits per heavy atom. The lowest BCUT2D eigenvalue weighted by atomic mass is 10.2. The lowest BCUT2D eigenvalue weighted by Crippen LogP contribution is -2.48. The van der Waals surface area contributed by atoms with Gasteiger partial charge in [0, 0.05) is 38.4 Å². The van der Waals surface area contributed by atoms with Crippen molar-refractivity contribution in [3.63, 3.8) is 0 Å². The number of benzene rings is 1. The first-order chi connectivity index (χ1) is 15.2. The maximum atomic E-state index is 12.9. The molecule has 0 radical (unpaired) electrons. The minimum absolute atomic E-state index is 0.107. The highest BCUT2D eigenvalue weighted by molar-refractivity contribution is 7.89. The number of rotatable bonds is 8. The Kier molecular flexibility index (Phi) is 7.51. The number of sulfonamides is 2. The van der Waals surface area contributed by atoms with Crippen LogP contribution in [0, 0.1) is 11.3 Å². The van der Waals surface area contributed by atoms with Crippen LogP contribution in [0.1, 0.15) is 32.3 Å². The first-order valence-electron chi connectivity index (χ1n) is 10.4. The normalized spacial score (nSPS) is 15.6. The summed E-state index contributed by atoms with van der Waals surface area (Å²) in [5.74, 6) is 0.599. The van der Waals surface area contributed by atoms with Crippen LogP contribution in [0.15, 0.2) is 52.4 Å². The highest BCUT2D eigenvalue weighted by atomic mass is 32.2. The molecule has 1 fully saturated rings. The van der Waals surface area contributed by atoms with E-state index in [0.29, 0.717) is 37.3 Å². The van der Waals surface area contributed by atoms with Gasteiger partial charge in [0.2, 0.25) is 20.0 Å². The van der Waals surface area contributed by atoms with Crippen molar-refractivity contribution in [1.82, 2.24) is 14.0 Å². The van der Waals surface area contributed by atoms with E-state index in [0.717, 1.165) is 0 Å². The fourth-order valence-electron chi connectivity index (χ4n) is 3.47. The molecule has 0 atom stereocenters. The van der Waals surface area contributed by atoms with Crippen LogP contribution in [0.2, 0.25) is 0 Å². The first kappa shape index (κ1) is 24.1. The summed E-state index contributed by atoms with van der Waals surface area (Å²) < 4.78 is 54.8. The quantitative estimate of drug-likeness (QED) is 0.616. The standard InChI is InChI=1S/C21H27N5O4S2/c1-3-18(4-2)24-31(27,28)20-9-10-21(23-16-20)25-11-13-26(14-12-25)32(29,30)19-7-5-17(15-22)6-8-19/h5-10,16,18,24H,3-4,11-14H2,1-2H3. The molecular weight excluding hydrogens is 450 g/mol. The Balaban J connectivity index is 1.65. The Bertz CT molecular complexity index is 1160. The molecule has 2 aromatic rings. The van der Waals surface area contributed by atoms with Gasteiger partial charge >= 0.3 is 0 Å². The number of nitriles is 1. The van der Waals surface area contributed by atoms with Crippen LogP contribution >= 0.6 is 0 Å². The van der Waals surface area contributed by atoms with Crippen molar-refractivity contribution in [3.8, 4) is 6.07 Å². The molecule has 0 unspecified atom stereocenters. The van der Waals surface area contributed by atoms with Crippen LogP contribution < -0.4 is 9.62 Å². The minimum atomic E-state index is -3.65. The number of hydrogen-bond donors (Lipinski definition) is 1. The van der Waals surface area contributed by atoms with Gasteiger partial charge in [-0.15, -0.1) is 0 Å². The van der Waals surface area contributed by atoms with Gasteiger partial charge in [0.05, 0.1) is 16.5 Å². The molecule has 0 spiro atoms. The zero-order valence-electron chi connectivity index (χ0n) is 18.1. The van der Waals surface area contributed by atoms with Crippen molar-refractivity contribution in [2.45, 2.75) is 42.5 Å². The van der Waals surface area contributed by atoms with Gasteiger partial charge in [0.25, 0.3) is 0 Å². The van der Waals surface area contributed by atoms with Crippen LogP contribution in [0.25, 0.3) is 0 Å². The molecule has 1 aromatic heterocycles. The molecule has 0 amide bonds. The van der Waals surface area contributed by atoms with E-state index in [2.05, 4.69) is 9.71 Å². The molecular formula is C21H27N5O4S2. The van der Waals surface area contributed by atoms with Gasteiger partial charge in [-0.1, -0.05) is 13.8 Å².